The number of pyridine rings is 1. The molecule has 0 aromatic carbocycles. The van der Waals surface area contributed by atoms with Crippen LogP contribution >= 0.6 is 23.2 Å². The molecule has 0 aliphatic rings. The molecule has 0 spiro atoms. The van der Waals surface area contributed by atoms with Crippen molar-refractivity contribution < 1.29 is 4.79 Å². The Labute approximate surface area is 83.9 Å². The van der Waals surface area contributed by atoms with E-state index in [1.54, 1.807) is 18.2 Å². The van der Waals surface area contributed by atoms with Crippen LogP contribution in [0.2, 0.25) is 10.3 Å². The van der Waals surface area contributed by atoms with E-state index in [1.165, 1.54) is 4.40 Å². The summed E-state index contributed by atoms with van der Waals surface area (Å²) in [7, 11) is 0. The number of hydrogen-bond donors (Lipinski definition) is 0. The average molecular weight is 215 g/mol. The first-order valence-corrected chi connectivity index (χ1v) is 4.27. The topological polar surface area (TPSA) is 34.4 Å². The lowest BCUT2D eigenvalue weighted by molar-refractivity contribution is 0.111. The van der Waals surface area contributed by atoms with E-state index < -0.39 is 0 Å². The Hall–Kier alpha value is -1.06. The normalized spacial score (nSPS) is 10.6. The molecule has 2 rings (SSSR count). The highest BCUT2D eigenvalue weighted by atomic mass is 35.5. The summed E-state index contributed by atoms with van der Waals surface area (Å²) in [5, 5.41) is 0.698. The van der Waals surface area contributed by atoms with Crippen LogP contribution in [0.5, 0.6) is 0 Å². The van der Waals surface area contributed by atoms with Gasteiger partial charge >= 0.3 is 0 Å². The first kappa shape index (κ1) is 8.53. The number of hydrogen-bond acceptors (Lipinski definition) is 2. The van der Waals surface area contributed by atoms with E-state index in [0.29, 0.717) is 17.0 Å². The van der Waals surface area contributed by atoms with Crippen molar-refractivity contribution in [2.75, 3.05) is 0 Å². The molecule has 0 amide bonds. The molecule has 3 nitrogen and oxygen atoms in total. The highest BCUT2D eigenvalue weighted by molar-refractivity contribution is 6.34. The highest BCUT2D eigenvalue weighted by Crippen LogP contribution is 2.21. The fraction of sp³-hybridized carbons (Fsp3) is 0. The van der Waals surface area contributed by atoms with Gasteiger partial charge in [-0.15, -0.1) is 0 Å². The van der Waals surface area contributed by atoms with Crippen molar-refractivity contribution in [3.05, 3.63) is 34.3 Å². The minimum atomic E-state index is 0.214. The smallest absolute Gasteiger partial charge is 0.186 e. The number of fused-ring (bicyclic) bond motifs is 1. The number of imidazole rings is 1. The molecule has 2 aromatic heterocycles. The van der Waals surface area contributed by atoms with E-state index in [2.05, 4.69) is 4.98 Å². The van der Waals surface area contributed by atoms with Gasteiger partial charge in [-0.3, -0.25) is 9.20 Å². The maximum Gasteiger partial charge on any atom is 0.186 e. The van der Waals surface area contributed by atoms with Crippen LogP contribution in [0, 0.1) is 0 Å². The van der Waals surface area contributed by atoms with E-state index in [1.807, 2.05) is 0 Å². The van der Waals surface area contributed by atoms with Crippen LogP contribution in [0.4, 0.5) is 0 Å². The van der Waals surface area contributed by atoms with E-state index in [9.17, 15) is 4.79 Å². The average Bonchev–Trinajstić information content (AvgIpc) is 2.45. The zero-order chi connectivity index (χ0) is 9.42. The zero-order valence-electron chi connectivity index (χ0n) is 6.37. The van der Waals surface area contributed by atoms with Crippen LogP contribution in [-0.2, 0) is 0 Å². The lowest BCUT2D eigenvalue weighted by Crippen LogP contribution is -1.92. The van der Waals surface area contributed by atoms with Crippen molar-refractivity contribution >= 4 is 35.0 Å². The number of carbonyl (C=O) groups is 1. The first-order chi connectivity index (χ1) is 6.24. The molecule has 0 unspecified atom stereocenters. The second-order valence-corrected chi connectivity index (χ2v) is 3.19. The van der Waals surface area contributed by atoms with Crippen LogP contribution in [-0.4, -0.2) is 15.7 Å². The maximum atomic E-state index is 10.6. The molecule has 66 valence electrons. The molecule has 0 saturated heterocycles. The number of halogens is 2. The van der Waals surface area contributed by atoms with Gasteiger partial charge in [-0.25, -0.2) is 4.98 Å². The van der Waals surface area contributed by atoms with Gasteiger partial charge in [0.1, 0.15) is 5.15 Å². The van der Waals surface area contributed by atoms with Crippen LogP contribution in [0.25, 0.3) is 5.52 Å². The van der Waals surface area contributed by atoms with Crippen molar-refractivity contribution in [2.24, 2.45) is 0 Å². The molecule has 0 radical (unpaired) electrons. The summed E-state index contributed by atoms with van der Waals surface area (Å²) in [6.07, 6.45) is 0.616. The van der Waals surface area contributed by atoms with Gasteiger partial charge in [0, 0.05) is 0 Å². The van der Waals surface area contributed by atoms with Gasteiger partial charge in [-0.05, 0) is 12.1 Å². The van der Waals surface area contributed by atoms with Crippen LogP contribution in [0.15, 0.2) is 18.2 Å². The number of aldehydes is 1. The summed E-state index contributed by atoms with van der Waals surface area (Å²) < 4.78 is 1.50. The Morgan fingerprint density at radius 1 is 1.38 bits per heavy atom. The Morgan fingerprint density at radius 3 is 2.85 bits per heavy atom. The summed E-state index contributed by atoms with van der Waals surface area (Å²) in [6, 6.07) is 5.16. The largest absolute Gasteiger partial charge is 0.294 e. The fourth-order valence-electron chi connectivity index (χ4n) is 1.16. The van der Waals surface area contributed by atoms with Crippen molar-refractivity contribution in [3.8, 4) is 0 Å². The van der Waals surface area contributed by atoms with Gasteiger partial charge in [0.05, 0.1) is 5.52 Å². The second-order valence-electron chi connectivity index (χ2n) is 2.45. The third-order valence-corrected chi connectivity index (χ3v) is 2.27. The van der Waals surface area contributed by atoms with Gasteiger partial charge in [0.2, 0.25) is 0 Å². The Morgan fingerprint density at radius 2 is 2.15 bits per heavy atom. The standard InChI is InChI=1S/C8H4Cl2N2O/c9-6-3-1-2-5-8(10)11-7(4-13)12(5)6/h1-4H. The Kier molecular flexibility index (Phi) is 1.98. The molecule has 0 atom stereocenters. The number of rotatable bonds is 1. The third kappa shape index (κ3) is 1.20. The van der Waals surface area contributed by atoms with E-state index in [4.69, 9.17) is 23.2 Å². The first-order valence-electron chi connectivity index (χ1n) is 3.51. The predicted molar refractivity (Wildman–Crippen MR) is 50.6 cm³/mol. The summed E-state index contributed by atoms with van der Waals surface area (Å²) in [4.78, 5) is 14.4. The lowest BCUT2D eigenvalue weighted by Gasteiger charge is -1.97. The van der Waals surface area contributed by atoms with Crippen LogP contribution in [0.1, 0.15) is 10.6 Å². The Bertz CT molecular complexity index is 478. The minimum absolute atomic E-state index is 0.214. The van der Waals surface area contributed by atoms with Crippen molar-refractivity contribution in [1.29, 1.82) is 0 Å². The molecular weight excluding hydrogens is 211 g/mol. The van der Waals surface area contributed by atoms with Gasteiger partial charge < -0.3 is 0 Å². The molecule has 0 bridgehead atoms. The van der Waals surface area contributed by atoms with Gasteiger partial charge in [0.15, 0.2) is 17.3 Å². The lowest BCUT2D eigenvalue weighted by atomic mass is 10.4. The summed E-state index contributed by atoms with van der Waals surface area (Å²) in [5.41, 5.74) is 0.635. The monoisotopic (exact) mass is 214 g/mol. The number of carbonyl (C=O) groups excluding carboxylic acids is 1. The predicted octanol–water partition coefficient (Wildman–Crippen LogP) is 2.45. The highest BCUT2D eigenvalue weighted by Gasteiger charge is 2.09. The molecule has 0 aliphatic carbocycles. The minimum Gasteiger partial charge on any atom is -0.294 e. The number of nitrogens with zero attached hydrogens (tertiary/aromatic N) is 2. The van der Waals surface area contributed by atoms with Gasteiger partial charge in [-0.1, -0.05) is 29.3 Å². The van der Waals surface area contributed by atoms with Crippen LogP contribution in [0.3, 0.4) is 0 Å². The number of aromatic nitrogens is 2. The van der Waals surface area contributed by atoms with E-state index >= 15 is 0 Å². The SMILES string of the molecule is O=Cc1nc(Cl)c2cccc(Cl)n12. The molecule has 2 aromatic rings. The van der Waals surface area contributed by atoms with Gasteiger partial charge in [0.25, 0.3) is 0 Å². The molecule has 0 fully saturated rings. The molecule has 5 heteroatoms. The fourth-order valence-corrected chi connectivity index (χ4v) is 1.65. The molecule has 13 heavy (non-hydrogen) atoms. The van der Waals surface area contributed by atoms with E-state index in [-0.39, 0.29) is 11.0 Å². The summed E-state index contributed by atoms with van der Waals surface area (Å²) in [5.74, 6) is 0.214. The van der Waals surface area contributed by atoms with E-state index in [0.717, 1.165) is 0 Å². The van der Waals surface area contributed by atoms with Crippen LogP contribution < -0.4 is 0 Å². The second kappa shape index (κ2) is 3.01. The third-order valence-electron chi connectivity index (χ3n) is 1.70. The quantitative estimate of drug-likeness (QED) is 0.540. The molecule has 0 aliphatic heterocycles. The maximum absolute atomic E-state index is 10.6. The Balaban J connectivity index is 2.96. The molecule has 0 saturated carbocycles. The molecule has 2 heterocycles. The van der Waals surface area contributed by atoms with Crippen molar-refractivity contribution in [3.63, 3.8) is 0 Å². The summed E-state index contributed by atoms with van der Waals surface area (Å²) >= 11 is 11.6. The molecular formula is C8H4Cl2N2O. The van der Waals surface area contributed by atoms with Crippen molar-refractivity contribution in [1.82, 2.24) is 9.38 Å². The molecule has 0 N–H and O–H groups in total. The summed E-state index contributed by atoms with van der Waals surface area (Å²) in [6.45, 7) is 0. The van der Waals surface area contributed by atoms with Crippen molar-refractivity contribution in [2.45, 2.75) is 0 Å². The zero-order valence-corrected chi connectivity index (χ0v) is 7.88. The van der Waals surface area contributed by atoms with Gasteiger partial charge in [-0.2, -0.15) is 0 Å².